The Morgan fingerprint density at radius 1 is 1.22 bits per heavy atom. The number of carbonyl (C=O) groups is 1. The Hall–Kier alpha value is -1.11. The lowest BCUT2D eigenvalue weighted by Gasteiger charge is -2.15. The molecule has 5 nitrogen and oxygen atoms in total. The normalized spacial score (nSPS) is 13.1. The maximum absolute atomic E-state index is 12.3. The van der Waals surface area contributed by atoms with E-state index in [4.69, 9.17) is 11.6 Å². The van der Waals surface area contributed by atoms with Crippen molar-refractivity contribution in [2.24, 2.45) is 5.92 Å². The number of hydrogen-bond acceptors (Lipinski definition) is 3. The maximum atomic E-state index is 12.3. The van der Waals surface area contributed by atoms with E-state index in [-0.39, 0.29) is 27.4 Å². The van der Waals surface area contributed by atoms with Gasteiger partial charge in [-0.2, -0.15) is 0 Å². The lowest BCUT2D eigenvalue weighted by atomic mass is 10.0. The van der Waals surface area contributed by atoms with Gasteiger partial charge in [0.2, 0.25) is 10.0 Å². The molecule has 0 saturated carbocycles. The summed E-state index contributed by atoms with van der Waals surface area (Å²) in [5.74, 6) is 0.274. The van der Waals surface area contributed by atoms with Gasteiger partial charge in [0, 0.05) is 6.04 Å². The molecule has 23 heavy (non-hydrogen) atoms. The topological polar surface area (TPSA) is 75.3 Å². The molecule has 0 radical (unpaired) electrons. The molecular weight excluding hydrogens is 336 g/mol. The van der Waals surface area contributed by atoms with Gasteiger partial charge in [0.05, 0.1) is 15.5 Å². The third-order valence-electron chi connectivity index (χ3n) is 3.56. The van der Waals surface area contributed by atoms with Crippen molar-refractivity contribution < 1.29 is 13.2 Å². The van der Waals surface area contributed by atoms with Crippen LogP contribution in [0.3, 0.4) is 0 Å². The third-order valence-corrected chi connectivity index (χ3v) is 5.30. The summed E-state index contributed by atoms with van der Waals surface area (Å²) in [5.41, 5.74) is 0.165. The number of carbonyl (C=O) groups excluding carboxylic acids is 1. The van der Waals surface area contributed by atoms with Crippen molar-refractivity contribution in [1.29, 1.82) is 0 Å². The van der Waals surface area contributed by atoms with E-state index in [1.807, 2.05) is 6.92 Å². The molecule has 1 aromatic rings. The molecule has 0 spiro atoms. The largest absolute Gasteiger partial charge is 0.350 e. The minimum absolute atomic E-state index is 0.00174. The number of benzene rings is 1. The summed E-state index contributed by atoms with van der Waals surface area (Å²) < 4.78 is 25.9. The maximum Gasteiger partial charge on any atom is 0.253 e. The summed E-state index contributed by atoms with van der Waals surface area (Å²) in [7, 11) is -2.29. The number of hydrogen-bond donors (Lipinski definition) is 2. The van der Waals surface area contributed by atoms with Gasteiger partial charge in [0.25, 0.3) is 5.91 Å². The second-order valence-electron chi connectivity index (χ2n) is 6.05. The van der Waals surface area contributed by atoms with Crippen LogP contribution >= 0.6 is 11.6 Å². The van der Waals surface area contributed by atoms with Gasteiger partial charge in [0.1, 0.15) is 0 Å². The lowest BCUT2D eigenvalue weighted by molar-refractivity contribution is 0.0937. The van der Waals surface area contributed by atoms with Crippen LogP contribution in [-0.4, -0.2) is 27.4 Å². The van der Waals surface area contributed by atoms with Gasteiger partial charge in [-0.15, -0.1) is 0 Å². The van der Waals surface area contributed by atoms with Crippen molar-refractivity contribution in [3.05, 3.63) is 28.8 Å². The first kappa shape index (κ1) is 19.9. The quantitative estimate of drug-likeness (QED) is 0.747. The van der Waals surface area contributed by atoms with Crippen LogP contribution < -0.4 is 10.0 Å². The fourth-order valence-corrected chi connectivity index (χ4v) is 3.13. The Kier molecular flexibility index (Phi) is 7.51. The summed E-state index contributed by atoms with van der Waals surface area (Å²) >= 11 is 6.04. The molecule has 1 aromatic carbocycles. The molecule has 0 fully saturated rings. The van der Waals surface area contributed by atoms with Crippen molar-refractivity contribution in [1.82, 2.24) is 10.0 Å². The Balaban J connectivity index is 2.81. The molecule has 0 aliphatic rings. The minimum Gasteiger partial charge on any atom is -0.350 e. The van der Waals surface area contributed by atoms with E-state index in [9.17, 15) is 13.2 Å². The van der Waals surface area contributed by atoms with Crippen LogP contribution in [-0.2, 0) is 10.0 Å². The van der Waals surface area contributed by atoms with E-state index in [1.165, 1.54) is 25.2 Å². The first-order chi connectivity index (χ1) is 10.7. The van der Waals surface area contributed by atoms with Gasteiger partial charge in [-0.05, 0) is 44.5 Å². The molecule has 0 saturated heterocycles. The summed E-state index contributed by atoms with van der Waals surface area (Å²) in [6, 6.07) is 4.09. The molecule has 1 amide bonds. The van der Waals surface area contributed by atoms with Crippen molar-refractivity contribution in [2.75, 3.05) is 7.05 Å². The molecule has 0 aliphatic heterocycles. The van der Waals surface area contributed by atoms with E-state index < -0.39 is 10.0 Å². The van der Waals surface area contributed by atoms with Crippen LogP contribution in [0.25, 0.3) is 0 Å². The highest BCUT2D eigenvalue weighted by Gasteiger charge is 2.18. The van der Waals surface area contributed by atoms with Crippen LogP contribution in [0.5, 0.6) is 0 Å². The fourth-order valence-electron chi connectivity index (χ4n) is 2.17. The monoisotopic (exact) mass is 360 g/mol. The number of halogens is 1. The van der Waals surface area contributed by atoms with E-state index in [0.29, 0.717) is 5.92 Å². The van der Waals surface area contributed by atoms with Crippen LogP contribution in [0.2, 0.25) is 5.02 Å². The molecule has 0 aliphatic carbocycles. The predicted octanol–water partition coefficient (Wildman–Crippen LogP) is 3.19. The van der Waals surface area contributed by atoms with Crippen molar-refractivity contribution in [3.63, 3.8) is 0 Å². The van der Waals surface area contributed by atoms with Crippen LogP contribution in [0.4, 0.5) is 0 Å². The van der Waals surface area contributed by atoms with Gasteiger partial charge >= 0.3 is 0 Å². The molecule has 1 atom stereocenters. The smallest absolute Gasteiger partial charge is 0.253 e. The standard InChI is InChI=1S/C16H25ClN2O3S/c1-11(2)6-5-7-12(3)19-16(20)14-10-13(8-9-15(14)17)23(21,22)18-4/h8-12,18H,5-7H2,1-4H3,(H,19,20). The second-order valence-corrected chi connectivity index (χ2v) is 8.34. The number of sulfonamides is 1. The Labute approximate surface area is 143 Å². The van der Waals surface area contributed by atoms with E-state index in [1.54, 1.807) is 0 Å². The first-order valence-corrected chi connectivity index (χ1v) is 9.57. The predicted molar refractivity (Wildman–Crippen MR) is 93.3 cm³/mol. The van der Waals surface area contributed by atoms with Gasteiger partial charge in [-0.25, -0.2) is 13.1 Å². The van der Waals surface area contributed by atoms with Crippen LogP contribution in [0, 0.1) is 5.92 Å². The Bertz CT molecular complexity index is 645. The van der Waals surface area contributed by atoms with Crippen molar-refractivity contribution >= 4 is 27.5 Å². The molecule has 0 bridgehead atoms. The highest BCUT2D eigenvalue weighted by atomic mass is 35.5. The minimum atomic E-state index is -3.61. The summed E-state index contributed by atoms with van der Waals surface area (Å²) in [4.78, 5) is 12.3. The number of nitrogens with one attached hydrogen (secondary N) is 2. The zero-order valence-corrected chi connectivity index (χ0v) is 15.6. The van der Waals surface area contributed by atoms with Crippen LogP contribution in [0.1, 0.15) is 50.4 Å². The molecule has 2 N–H and O–H groups in total. The van der Waals surface area contributed by atoms with Crippen molar-refractivity contribution in [2.45, 2.75) is 51.0 Å². The average molecular weight is 361 g/mol. The van der Waals surface area contributed by atoms with Gasteiger partial charge < -0.3 is 5.32 Å². The first-order valence-electron chi connectivity index (χ1n) is 7.71. The van der Waals surface area contributed by atoms with Gasteiger partial charge in [-0.1, -0.05) is 38.3 Å². The highest BCUT2D eigenvalue weighted by Crippen LogP contribution is 2.21. The van der Waals surface area contributed by atoms with E-state index in [0.717, 1.165) is 19.3 Å². The zero-order chi connectivity index (χ0) is 17.6. The molecule has 1 unspecified atom stereocenters. The van der Waals surface area contributed by atoms with Gasteiger partial charge in [0.15, 0.2) is 0 Å². The second kappa shape index (κ2) is 8.66. The molecule has 1 rings (SSSR count). The summed E-state index contributed by atoms with van der Waals surface area (Å²) in [5, 5.41) is 3.10. The number of amides is 1. The number of rotatable bonds is 8. The van der Waals surface area contributed by atoms with Crippen LogP contribution in [0.15, 0.2) is 23.1 Å². The summed E-state index contributed by atoms with van der Waals surface area (Å²) in [6.07, 6.45) is 3.01. The van der Waals surface area contributed by atoms with E-state index in [2.05, 4.69) is 23.9 Å². The molecule has 130 valence electrons. The Morgan fingerprint density at radius 2 is 1.87 bits per heavy atom. The third kappa shape index (κ3) is 6.12. The molecule has 0 heterocycles. The van der Waals surface area contributed by atoms with E-state index >= 15 is 0 Å². The molecule has 7 heteroatoms. The molecule has 0 aromatic heterocycles. The lowest BCUT2D eigenvalue weighted by Crippen LogP contribution is -2.33. The Morgan fingerprint density at radius 3 is 2.43 bits per heavy atom. The van der Waals surface area contributed by atoms with Crippen molar-refractivity contribution in [3.8, 4) is 0 Å². The SMILES string of the molecule is CNS(=O)(=O)c1ccc(Cl)c(C(=O)NC(C)CCCC(C)C)c1. The highest BCUT2D eigenvalue weighted by molar-refractivity contribution is 7.89. The average Bonchev–Trinajstić information content (AvgIpc) is 2.46. The zero-order valence-electron chi connectivity index (χ0n) is 14.0. The van der Waals surface area contributed by atoms with Gasteiger partial charge in [-0.3, -0.25) is 4.79 Å². The summed E-state index contributed by atoms with van der Waals surface area (Å²) in [6.45, 7) is 6.26. The molecular formula is C16H25ClN2O3S. The fraction of sp³-hybridized carbons (Fsp3) is 0.562.